The summed E-state index contributed by atoms with van der Waals surface area (Å²) in [4.78, 5) is 17.2. The zero-order valence-electron chi connectivity index (χ0n) is 22.4. The van der Waals surface area contributed by atoms with Crippen LogP contribution in [-0.2, 0) is 0 Å². The molecular weight excluding hydrogens is 498 g/mol. The number of aryl methyl sites for hydroxylation is 2. The zero-order valence-corrected chi connectivity index (χ0v) is 22.4. The van der Waals surface area contributed by atoms with Crippen molar-refractivity contribution in [2.24, 2.45) is 9.98 Å². The molecule has 2 aromatic heterocycles. The van der Waals surface area contributed by atoms with E-state index in [4.69, 9.17) is 19.8 Å². The molecule has 2 aliphatic heterocycles. The molecule has 5 aromatic rings. The van der Waals surface area contributed by atoms with E-state index in [1.54, 1.807) is 13.3 Å². The predicted octanol–water partition coefficient (Wildman–Crippen LogP) is 6.69. The Morgan fingerprint density at radius 3 is 2.50 bits per heavy atom. The number of benzene rings is 3. The van der Waals surface area contributed by atoms with Crippen molar-refractivity contribution < 1.29 is 4.74 Å². The van der Waals surface area contributed by atoms with Crippen LogP contribution in [0.5, 0.6) is 5.75 Å². The van der Waals surface area contributed by atoms with Gasteiger partial charge in [-0.2, -0.15) is 9.78 Å². The Morgan fingerprint density at radius 2 is 1.68 bits per heavy atom. The van der Waals surface area contributed by atoms with Gasteiger partial charge < -0.3 is 15.0 Å². The van der Waals surface area contributed by atoms with Gasteiger partial charge in [-0.25, -0.2) is 15.0 Å². The number of methoxy groups -OCH3 is 1. The summed E-state index contributed by atoms with van der Waals surface area (Å²) in [6.45, 7) is 4.10. The number of anilines is 2. The highest BCUT2D eigenvalue weighted by molar-refractivity contribution is 6.51. The third-order valence-corrected chi connectivity index (χ3v) is 7.22. The van der Waals surface area contributed by atoms with Crippen LogP contribution in [0.2, 0.25) is 0 Å². The number of aromatic nitrogens is 3. The van der Waals surface area contributed by atoms with Gasteiger partial charge in [0.1, 0.15) is 5.75 Å². The van der Waals surface area contributed by atoms with Crippen LogP contribution >= 0.6 is 0 Å². The summed E-state index contributed by atoms with van der Waals surface area (Å²) in [5.41, 5.74) is 6.78. The molecule has 4 heterocycles. The van der Waals surface area contributed by atoms with Gasteiger partial charge in [0.15, 0.2) is 23.3 Å². The highest BCUT2D eigenvalue weighted by Gasteiger charge is 2.42. The second-order valence-corrected chi connectivity index (χ2v) is 9.82. The lowest BCUT2D eigenvalue weighted by atomic mass is 9.92. The van der Waals surface area contributed by atoms with Gasteiger partial charge in [0.2, 0.25) is 0 Å². The van der Waals surface area contributed by atoms with Gasteiger partial charge in [-0.1, -0.05) is 48.5 Å². The highest BCUT2D eigenvalue weighted by Crippen LogP contribution is 2.49. The van der Waals surface area contributed by atoms with Gasteiger partial charge >= 0.3 is 0 Å². The SMILES string of the molecule is COc1ccccc1[C@@H]1c2c(C)nn(-c3ccccn3)c2N=C2C(Nc3cccc(C)c3)=Nc3ccccc3N21. The van der Waals surface area contributed by atoms with Crippen molar-refractivity contribution in [3.8, 4) is 11.6 Å². The molecule has 1 atom stereocenters. The van der Waals surface area contributed by atoms with E-state index in [0.717, 1.165) is 51.0 Å². The molecule has 1 N–H and O–H groups in total. The molecule has 0 amide bonds. The molecule has 7 rings (SSSR count). The van der Waals surface area contributed by atoms with Crippen LogP contribution < -0.4 is 15.0 Å². The molecule has 196 valence electrons. The lowest BCUT2D eigenvalue weighted by Gasteiger charge is -2.40. The summed E-state index contributed by atoms with van der Waals surface area (Å²) < 4.78 is 7.72. The molecular formula is C32H27N7O. The Morgan fingerprint density at radius 1 is 0.850 bits per heavy atom. The predicted molar refractivity (Wildman–Crippen MR) is 159 cm³/mol. The molecule has 40 heavy (non-hydrogen) atoms. The summed E-state index contributed by atoms with van der Waals surface area (Å²) in [6, 6.07) is 30.0. The minimum Gasteiger partial charge on any atom is -0.496 e. The number of hydrogen-bond donors (Lipinski definition) is 1. The molecule has 0 spiro atoms. The summed E-state index contributed by atoms with van der Waals surface area (Å²) >= 11 is 0. The maximum Gasteiger partial charge on any atom is 0.179 e. The van der Waals surface area contributed by atoms with Crippen molar-refractivity contribution in [1.29, 1.82) is 0 Å². The fourth-order valence-corrected chi connectivity index (χ4v) is 5.48. The number of ether oxygens (including phenoxy) is 1. The molecule has 8 nitrogen and oxygen atoms in total. The lowest BCUT2D eigenvalue weighted by Crippen LogP contribution is -2.46. The van der Waals surface area contributed by atoms with Crippen LogP contribution in [0.25, 0.3) is 5.82 Å². The van der Waals surface area contributed by atoms with Crippen molar-refractivity contribution in [1.82, 2.24) is 14.8 Å². The van der Waals surface area contributed by atoms with Gasteiger partial charge in [0, 0.05) is 23.0 Å². The molecule has 0 radical (unpaired) electrons. The average Bonchev–Trinajstić information content (AvgIpc) is 3.32. The number of fused-ring (bicyclic) bond motifs is 4. The number of nitrogens with zero attached hydrogens (tertiary/aromatic N) is 6. The van der Waals surface area contributed by atoms with E-state index in [1.807, 2.05) is 78.3 Å². The normalized spacial score (nSPS) is 15.4. The van der Waals surface area contributed by atoms with Crippen molar-refractivity contribution in [2.75, 3.05) is 17.3 Å². The van der Waals surface area contributed by atoms with Crippen molar-refractivity contribution in [2.45, 2.75) is 19.9 Å². The number of amidine groups is 2. The maximum absolute atomic E-state index is 5.90. The zero-order chi connectivity index (χ0) is 27.2. The Bertz CT molecular complexity index is 1810. The Hall–Kier alpha value is -5.24. The van der Waals surface area contributed by atoms with E-state index in [0.29, 0.717) is 17.5 Å². The summed E-state index contributed by atoms with van der Waals surface area (Å²) in [5.74, 6) is 3.56. The van der Waals surface area contributed by atoms with E-state index < -0.39 is 0 Å². The smallest absolute Gasteiger partial charge is 0.179 e. The van der Waals surface area contributed by atoms with Gasteiger partial charge in [-0.15, -0.1) is 0 Å². The van der Waals surface area contributed by atoms with E-state index in [9.17, 15) is 0 Å². The van der Waals surface area contributed by atoms with Crippen molar-refractivity contribution >= 4 is 34.6 Å². The average molecular weight is 526 g/mol. The topological polar surface area (TPSA) is 79.9 Å². The number of hydrogen-bond acceptors (Lipinski definition) is 7. The van der Waals surface area contributed by atoms with Gasteiger partial charge in [-0.3, -0.25) is 0 Å². The third kappa shape index (κ3) is 3.84. The first-order chi connectivity index (χ1) is 19.6. The molecule has 0 aliphatic carbocycles. The maximum atomic E-state index is 5.90. The summed E-state index contributed by atoms with van der Waals surface area (Å²) in [5, 5.41) is 8.51. The second-order valence-electron chi connectivity index (χ2n) is 9.82. The van der Waals surface area contributed by atoms with Crippen molar-refractivity contribution in [3.63, 3.8) is 0 Å². The minimum absolute atomic E-state index is 0.276. The van der Waals surface area contributed by atoms with E-state index >= 15 is 0 Å². The number of aliphatic imine (C=N–C) groups is 2. The van der Waals surface area contributed by atoms with Crippen LogP contribution in [0.4, 0.5) is 22.9 Å². The molecule has 0 saturated carbocycles. The van der Waals surface area contributed by atoms with Crippen LogP contribution in [0.3, 0.4) is 0 Å². The molecule has 2 aliphatic rings. The first kappa shape index (κ1) is 23.8. The first-order valence-corrected chi connectivity index (χ1v) is 13.2. The van der Waals surface area contributed by atoms with Gasteiger partial charge in [0.05, 0.1) is 30.2 Å². The highest BCUT2D eigenvalue weighted by atomic mass is 16.5. The molecule has 3 aromatic carbocycles. The molecule has 8 heteroatoms. The van der Waals surface area contributed by atoms with Crippen LogP contribution in [-0.4, -0.2) is 33.5 Å². The number of para-hydroxylation sites is 3. The van der Waals surface area contributed by atoms with Crippen molar-refractivity contribution in [3.05, 3.63) is 120 Å². The molecule has 0 unspecified atom stereocenters. The van der Waals surface area contributed by atoms with E-state index in [2.05, 4.69) is 46.4 Å². The number of pyridine rings is 1. The Balaban J connectivity index is 1.52. The number of nitrogens with one attached hydrogen (secondary N) is 1. The second kappa shape index (κ2) is 9.50. The van der Waals surface area contributed by atoms with Gasteiger partial charge in [-0.05, 0) is 61.9 Å². The Kier molecular flexibility index (Phi) is 5.66. The molecule has 0 saturated heterocycles. The van der Waals surface area contributed by atoms with Crippen LogP contribution in [0, 0.1) is 13.8 Å². The largest absolute Gasteiger partial charge is 0.496 e. The van der Waals surface area contributed by atoms with Gasteiger partial charge in [0.25, 0.3) is 0 Å². The quantitative estimate of drug-likeness (QED) is 0.283. The Labute approximate surface area is 232 Å². The first-order valence-electron chi connectivity index (χ1n) is 13.2. The molecule has 0 bridgehead atoms. The van der Waals surface area contributed by atoms with Crippen LogP contribution in [0.1, 0.15) is 28.4 Å². The lowest BCUT2D eigenvalue weighted by molar-refractivity contribution is 0.407. The van der Waals surface area contributed by atoms with E-state index in [-0.39, 0.29) is 6.04 Å². The summed E-state index contributed by atoms with van der Waals surface area (Å²) in [6.07, 6.45) is 1.77. The standard InChI is InChI=1S/C32H27N7O/c1-20-11-10-12-22(19-20)34-30-32-36-31-28(21(2)37-39(31)27-17-8-9-18-33-27)29(23-13-4-7-16-26(23)40-3)38(32)25-15-6-5-14-24(25)35-30/h4-19,29H,1-3H3,(H,34,35)/t29-/m1/s1. The van der Waals surface area contributed by atoms with Crippen LogP contribution in [0.15, 0.2) is 107 Å². The fourth-order valence-electron chi connectivity index (χ4n) is 5.48. The number of rotatable bonds is 4. The summed E-state index contributed by atoms with van der Waals surface area (Å²) in [7, 11) is 1.71. The molecule has 0 fully saturated rings. The monoisotopic (exact) mass is 525 g/mol. The van der Waals surface area contributed by atoms with E-state index in [1.165, 1.54) is 0 Å². The fraction of sp³-hybridized carbons (Fsp3) is 0.125. The minimum atomic E-state index is -0.276. The third-order valence-electron chi connectivity index (χ3n) is 7.22.